The van der Waals surface area contributed by atoms with E-state index in [1.54, 1.807) is 0 Å². The van der Waals surface area contributed by atoms with E-state index in [-0.39, 0.29) is 57.5 Å². The summed E-state index contributed by atoms with van der Waals surface area (Å²) in [5.41, 5.74) is 0.450. The van der Waals surface area contributed by atoms with E-state index in [0.717, 1.165) is 63.4 Å². The first kappa shape index (κ1) is 26.4. The van der Waals surface area contributed by atoms with Crippen molar-refractivity contribution in [3.05, 3.63) is 23.3 Å². The van der Waals surface area contributed by atoms with E-state index in [1.165, 1.54) is 0 Å². The molecule has 1 amide bonds. The number of carbonyl (C=O) groups is 3. The number of unbranched alkanes of at least 4 members (excludes halogenated alkanes) is 1. The third kappa shape index (κ3) is 3.88. The molecule has 7 unspecified atom stereocenters. The molecule has 0 saturated heterocycles. The Bertz CT molecular complexity index is 1130. The van der Waals surface area contributed by atoms with E-state index < -0.39 is 10.8 Å². The number of amides is 1. The summed E-state index contributed by atoms with van der Waals surface area (Å²) in [5.74, 6) is 0.555. The van der Waals surface area contributed by atoms with E-state index in [2.05, 4.69) is 46.0 Å². The fourth-order valence-electron chi connectivity index (χ4n) is 9.36. The lowest BCUT2D eigenvalue weighted by atomic mass is 9.40. The SMILES string of the molecule is CCCCNC(=O)C12CCC3C(C(=O)C=C4C5(C)C=C(C#N)C(=O)CC5CCC43C)C1CC(C)(C)CC2. The van der Waals surface area contributed by atoms with Crippen molar-refractivity contribution in [3.63, 3.8) is 0 Å². The zero-order valence-corrected chi connectivity index (χ0v) is 23.4. The van der Waals surface area contributed by atoms with Gasteiger partial charge in [0.2, 0.25) is 5.91 Å². The lowest BCUT2D eigenvalue weighted by Gasteiger charge is -2.63. The van der Waals surface area contributed by atoms with Crippen molar-refractivity contribution in [2.45, 2.75) is 98.8 Å². The zero-order valence-electron chi connectivity index (χ0n) is 23.4. The minimum Gasteiger partial charge on any atom is -0.356 e. The molecule has 3 saturated carbocycles. The van der Waals surface area contributed by atoms with Crippen molar-refractivity contribution in [2.75, 3.05) is 6.54 Å². The Morgan fingerprint density at radius 3 is 2.54 bits per heavy atom. The quantitative estimate of drug-likeness (QED) is 0.469. The minimum atomic E-state index is -0.450. The minimum absolute atomic E-state index is 0.0578. The summed E-state index contributed by atoms with van der Waals surface area (Å²) in [6.45, 7) is 11.9. The predicted octanol–water partition coefficient (Wildman–Crippen LogP) is 6.10. The average molecular weight is 505 g/mol. The number of nitrogens with one attached hydrogen (secondary N) is 1. The number of nitriles is 1. The molecule has 3 fully saturated rings. The van der Waals surface area contributed by atoms with Crippen molar-refractivity contribution in [1.29, 1.82) is 5.26 Å². The fourth-order valence-corrected chi connectivity index (χ4v) is 9.36. The van der Waals surface area contributed by atoms with Gasteiger partial charge in [-0.3, -0.25) is 14.4 Å². The van der Waals surface area contributed by atoms with Crippen molar-refractivity contribution < 1.29 is 14.4 Å². The number of ketones is 2. The average Bonchev–Trinajstić information content (AvgIpc) is 2.85. The Kier molecular flexibility index (Phi) is 6.36. The molecule has 0 aromatic rings. The Morgan fingerprint density at radius 2 is 1.84 bits per heavy atom. The monoisotopic (exact) mass is 504 g/mol. The van der Waals surface area contributed by atoms with Crippen LogP contribution in [0.2, 0.25) is 0 Å². The highest BCUT2D eigenvalue weighted by Crippen LogP contribution is 2.69. The van der Waals surface area contributed by atoms with Gasteiger partial charge in [0.15, 0.2) is 11.6 Å². The molecule has 200 valence electrons. The summed E-state index contributed by atoms with van der Waals surface area (Å²) in [6.07, 6.45) is 12.6. The molecular weight excluding hydrogens is 460 g/mol. The molecule has 5 heteroatoms. The van der Waals surface area contributed by atoms with Crippen LogP contribution in [0.1, 0.15) is 98.8 Å². The van der Waals surface area contributed by atoms with Crippen LogP contribution in [0, 0.1) is 56.7 Å². The molecule has 37 heavy (non-hydrogen) atoms. The largest absolute Gasteiger partial charge is 0.356 e. The zero-order chi connectivity index (χ0) is 26.8. The van der Waals surface area contributed by atoms with Gasteiger partial charge in [-0.1, -0.05) is 52.7 Å². The predicted molar refractivity (Wildman–Crippen MR) is 143 cm³/mol. The van der Waals surface area contributed by atoms with Gasteiger partial charge in [0.25, 0.3) is 0 Å². The Balaban J connectivity index is 1.57. The molecular formula is C32H44N2O3. The Hall–Kier alpha value is -2.22. The van der Waals surface area contributed by atoms with E-state index in [9.17, 15) is 19.6 Å². The molecule has 0 aliphatic heterocycles. The van der Waals surface area contributed by atoms with Gasteiger partial charge in [0, 0.05) is 24.3 Å². The summed E-state index contributed by atoms with van der Waals surface area (Å²) in [6, 6.07) is 2.13. The number of rotatable bonds is 4. The summed E-state index contributed by atoms with van der Waals surface area (Å²) in [7, 11) is 0. The van der Waals surface area contributed by atoms with E-state index >= 15 is 0 Å². The van der Waals surface area contributed by atoms with Crippen molar-refractivity contribution in [2.24, 2.45) is 45.3 Å². The van der Waals surface area contributed by atoms with E-state index in [0.29, 0.717) is 13.0 Å². The van der Waals surface area contributed by atoms with Crippen LogP contribution in [-0.2, 0) is 14.4 Å². The Morgan fingerprint density at radius 1 is 1.08 bits per heavy atom. The van der Waals surface area contributed by atoms with E-state index in [4.69, 9.17) is 0 Å². The van der Waals surface area contributed by atoms with Gasteiger partial charge in [-0.2, -0.15) is 5.26 Å². The molecule has 7 atom stereocenters. The number of hydrogen-bond acceptors (Lipinski definition) is 4. The lowest BCUT2D eigenvalue weighted by molar-refractivity contribution is -0.160. The standard InChI is InChI=1S/C32H44N2O3/c1-6-7-14-34-28(37)32-11-9-22-27(23(32)18-29(2,3)12-13-32)25(36)16-26-30(22,4)10-8-21-15-24(35)20(19-33)17-31(21,26)5/h16-17,21-23,27H,6-15,18H2,1-5H3,(H,34,37). The topological polar surface area (TPSA) is 87.0 Å². The summed E-state index contributed by atoms with van der Waals surface area (Å²) < 4.78 is 0. The van der Waals surface area contributed by atoms with E-state index in [1.807, 2.05) is 12.2 Å². The van der Waals surface area contributed by atoms with Crippen LogP contribution in [0.3, 0.4) is 0 Å². The maximum absolute atomic E-state index is 14.2. The molecule has 0 spiro atoms. The summed E-state index contributed by atoms with van der Waals surface area (Å²) in [4.78, 5) is 40.6. The van der Waals surface area contributed by atoms with Gasteiger partial charge in [0.05, 0.1) is 11.0 Å². The van der Waals surface area contributed by atoms with Gasteiger partial charge in [-0.05, 0) is 86.0 Å². The van der Waals surface area contributed by atoms with Crippen LogP contribution >= 0.6 is 0 Å². The number of hydrogen-bond donors (Lipinski definition) is 1. The molecule has 5 aliphatic carbocycles. The third-order valence-electron chi connectivity index (χ3n) is 11.6. The second-order valence-electron chi connectivity index (χ2n) is 14.1. The second-order valence-corrected chi connectivity index (χ2v) is 14.1. The highest BCUT2D eigenvalue weighted by Gasteiger charge is 2.65. The summed E-state index contributed by atoms with van der Waals surface area (Å²) in [5, 5.41) is 12.9. The number of nitrogens with zero attached hydrogens (tertiary/aromatic N) is 1. The molecule has 0 aromatic carbocycles. The molecule has 5 aliphatic rings. The van der Waals surface area contributed by atoms with Gasteiger partial charge in [-0.25, -0.2) is 0 Å². The van der Waals surface area contributed by atoms with Crippen LogP contribution < -0.4 is 5.32 Å². The number of Topliss-reactive ketones (excluding diaryl/α,β-unsaturated/α-hetero) is 1. The molecule has 5 rings (SSSR count). The number of fused-ring (bicyclic) bond motifs is 7. The van der Waals surface area contributed by atoms with Crippen LogP contribution in [0.15, 0.2) is 23.3 Å². The van der Waals surface area contributed by atoms with Crippen LogP contribution in [0.5, 0.6) is 0 Å². The second kappa shape index (κ2) is 8.92. The molecule has 0 radical (unpaired) electrons. The van der Waals surface area contributed by atoms with Crippen molar-refractivity contribution in [1.82, 2.24) is 5.32 Å². The molecule has 0 bridgehead atoms. The molecule has 0 aromatic heterocycles. The van der Waals surface area contributed by atoms with Gasteiger partial charge in [0.1, 0.15) is 6.07 Å². The molecule has 5 nitrogen and oxygen atoms in total. The maximum atomic E-state index is 14.2. The highest BCUT2D eigenvalue weighted by molar-refractivity contribution is 6.01. The lowest BCUT2D eigenvalue weighted by Crippen LogP contribution is -2.62. The van der Waals surface area contributed by atoms with Gasteiger partial charge in [-0.15, -0.1) is 0 Å². The first-order valence-corrected chi connectivity index (χ1v) is 14.6. The Labute approximate surface area is 222 Å². The highest BCUT2D eigenvalue weighted by atomic mass is 16.2. The normalized spacial score (nSPS) is 42.2. The van der Waals surface area contributed by atoms with Crippen LogP contribution in [0.4, 0.5) is 0 Å². The number of allylic oxidation sites excluding steroid dienone is 4. The molecule has 0 heterocycles. The first-order valence-electron chi connectivity index (χ1n) is 14.6. The van der Waals surface area contributed by atoms with Crippen LogP contribution in [-0.4, -0.2) is 24.0 Å². The van der Waals surface area contributed by atoms with Crippen molar-refractivity contribution in [3.8, 4) is 6.07 Å². The number of carbonyl (C=O) groups excluding carboxylic acids is 3. The summed E-state index contributed by atoms with van der Waals surface area (Å²) >= 11 is 0. The smallest absolute Gasteiger partial charge is 0.226 e. The van der Waals surface area contributed by atoms with Crippen molar-refractivity contribution >= 4 is 17.5 Å². The van der Waals surface area contributed by atoms with Gasteiger partial charge >= 0.3 is 0 Å². The molecule has 1 N–H and O–H groups in total. The first-order chi connectivity index (χ1) is 17.4. The third-order valence-corrected chi connectivity index (χ3v) is 11.6. The fraction of sp³-hybridized carbons (Fsp3) is 0.750. The van der Waals surface area contributed by atoms with Gasteiger partial charge < -0.3 is 5.32 Å². The van der Waals surface area contributed by atoms with Crippen LogP contribution in [0.25, 0.3) is 0 Å². The maximum Gasteiger partial charge on any atom is 0.226 e.